The van der Waals surface area contributed by atoms with Gasteiger partial charge in [-0.2, -0.15) is 5.10 Å². The number of pyridine rings is 1. The Morgan fingerprint density at radius 3 is 2.35 bits per heavy atom. The van der Waals surface area contributed by atoms with E-state index in [1.807, 2.05) is 0 Å². The molecule has 1 saturated heterocycles. The van der Waals surface area contributed by atoms with Crippen LogP contribution < -0.4 is 0 Å². The van der Waals surface area contributed by atoms with E-state index in [2.05, 4.69) is 15.2 Å². The van der Waals surface area contributed by atoms with Gasteiger partial charge in [-0.15, -0.1) is 0 Å². The lowest BCUT2D eigenvalue weighted by atomic mass is 10.2. The Morgan fingerprint density at radius 2 is 1.69 bits per heavy atom. The second-order valence-electron chi connectivity index (χ2n) is 5.96. The van der Waals surface area contributed by atoms with Crippen LogP contribution in [0.25, 0.3) is 11.5 Å². The molecule has 3 aromatic rings. The number of hydrogen-bond donors (Lipinski definition) is 1. The Balaban J connectivity index is 1.39. The number of furan rings is 1. The van der Waals surface area contributed by atoms with Crippen LogP contribution in [-0.4, -0.2) is 63.0 Å². The molecule has 0 aromatic carbocycles. The van der Waals surface area contributed by atoms with Crippen LogP contribution >= 0.6 is 0 Å². The number of nitrogens with one attached hydrogen (secondary N) is 1. The summed E-state index contributed by atoms with van der Waals surface area (Å²) in [5.74, 6) is 0.429. The predicted molar refractivity (Wildman–Crippen MR) is 92.3 cm³/mol. The molecule has 0 aliphatic carbocycles. The van der Waals surface area contributed by atoms with Crippen molar-refractivity contribution >= 4 is 11.8 Å². The van der Waals surface area contributed by atoms with Crippen molar-refractivity contribution in [2.75, 3.05) is 26.2 Å². The molecule has 0 radical (unpaired) electrons. The van der Waals surface area contributed by atoms with Gasteiger partial charge in [0.1, 0.15) is 5.69 Å². The number of H-pyrrole nitrogens is 1. The van der Waals surface area contributed by atoms with Gasteiger partial charge in [0.25, 0.3) is 11.8 Å². The van der Waals surface area contributed by atoms with E-state index in [4.69, 9.17) is 4.42 Å². The molecule has 0 unspecified atom stereocenters. The van der Waals surface area contributed by atoms with Crippen LogP contribution in [0.3, 0.4) is 0 Å². The molecule has 3 aromatic heterocycles. The van der Waals surface area contributed by atoms with Gasteiger partial charge in [0.05, 0.1) is 6.26 Å². The van der Waals surface area contributed by atoms with Crippen LogP contribution in [0, 0.1) is 0 Å². The van der Waals surface area contributed by atoms with Crippen LogP contribution in [0.15, 0.2) is 53.4 Å². The third kappa shape index (κ3) is 3.08. The first-order valence-corrected chi connectivity index (χ1v) is 8.30. The zero-order chi connectivity index (χ0) is 17.9. The van der Waals surface area contributed by atoms with Gasteiger partial charge in [-0.25, -0.2) is 0 Å². The largest absolute Gasteiger partial charge is 0.463 e. The summed E-state index contributed by atoms with van der Waals surface area (Å²) in [4.78, 5) is 32.5. The number of nitrogens with zero attached hydrogens (tertiary/aromatic N) is 4. The number of carbonyl (C=O) groups is 2. The van der Waals surface area contributed by atoms with E-state index in [1.54, 1.807) is 58.8 Å². The van der Waals surface area contributed by atoms with Crippen molar-refractivity contribution < 1.29 is 14.0 Å². The fourth-order valence-corrected chi connectivity index (χ4v) is 2.94. The maximum Gasteiger partial charge on any atom is 0.274 e. The highest BCUT2D eigenvalue weighted by molar-refractivity contribution is 5.95. The van der Waals surface area contributed by atoms with Crippen molar-refractivity contribution in [3.63, 3.8) is 0 Å². The molecule has 4 rings (SSSR count). The normalized spacial score (nSPS) is 14.5. The van der Waals surface area contributed by atoms with Gasteiger partial charge in [-0.1, -0.05) is 0 Å². The standard InChI is InChI=1S/C18H17N5O3/c24-17(13-3-5-19-6-4-13)22-7-9-23(10-8-22)18(25)15-12-14(20-21-15)16-2-1-11-26-16/h1-6,11-12H,7-10H2,(H,20,21). The molecular formula is C18H17N5O3. The van der Waals surface area contributed by atoms with Gasteiger partial charge in [0.15, 0.2) is 11.5 Å². The molecule has 1 aliphatic rings. The monoisotopic (exact) mass is 351 g/mol. The molecule has 0 bridgehead atoms. The van der Waals surface area contributed by atoms with Gasteiger partial charge < -0.3 is 14.2 Å². The summed E-state index contributed by atoms with van der Waals surface area (Å²) < 4.78 is 5.30. The second kappa shape index (κ2) is 6.83. The molecule has 1 aliphatic heterocycles. The van der Waals surface area contributed by atoms with Crippen molar-refractivity contribution in [1.82, 2.24) is 25.0 Å². The summed E-state index contributed by atoms with van der Waals surface area (Å²) in [6.07, 6.45) is 4.76. The van der Waals surface area contributed by atoms with Crippen molar-refractivity contribution in [2.45, 2.75) is 0 Å². The van der Waals surface area contributed by atoms with E-state index in [9.17, 15) is 9.59 Å². The first kappa shape index (κ1) is 16.1. The van der Waals surface area contributed by atoms with E-state index in [0.29, 0.717) is 48.9 Å². The summed E-state index contributed by atoms with van der Waals surface area (Å²) >= 11 is 0. The van der Waals surface area contributed by atoms with Gasteiger partial charge in [-0.05, 0) is 24.3 Å². The minimum Gasteiger partial charge on any atom is -0.463 e. The van der Waals surface area contributed by atoms with Crippen LogP contribution in [-0.2, 0) is 0 Å². The third-order valence-corrected chi connectivity index (χ3v) is 4.36. The van der Waals surface area contributed by atoms with E-state index in [-0.39, 0.29) is 11.8 Å². The first-order chi connectivity index (χ1) is 12.7. The summed E-state index contributed by atoms with van der Waals surface area (Å²) in [6.45, 7) is 1.92. The Morgan fingerprint density at radius 1 is 1.00 bits per heavy atom. The van der Waals surface area contributed by atoms with Crippen molar-refractivity contribution in [2.24, 2.45) is 0 Å². The summed E-state index contributed by atoms with van der Waals surface area (Å²) in [6, 6.07) is 8.64. The molecular weight excluding hydrogens is 334 g/mol. The zero-order valence-corrected chi connectivity index (χ0v) is 14.0. The lowest BCUT2D eigenvalue weighted by Gasteiger charge is -2.34. The fraction of sp³-hybridized carbons (Fsp3) is 0.222. The predicted octanol–water partition coefficient (Wildman–Crippen LogP) is 1.66. The molecule has 0 saturated carbocycles. The zero-order valence-electron chi connectivity index (χ0n) is 14.0. The summed E-state index contributed by atoms with van der Waals surface area (Å²) in [5.41, 5.74) is 1.60. The van der Waals surface area contributed by atoms with Gasteiger partial charge in [0, 0.05) is 50.2 Å². The third-order valence-electron chi connectivity index (χ3n) is 4.36. The lowest BCUT2D eigenvalue weighted by molar-refractivity contribution is 0.0532. The highest BCUT2D eigenvalue weighted by atomic mass is 16.3. The Hall–Kier alpha value is -3.42. The molecule has 4 heterocycles. The van der Waals surface area contributed by atoms with Gasteiger partial charge >= 0.3 is 0 Å². The van der Waals surface area contributed by atoms with Crippen LogP contribution in [0.2, 0.25) is 0 Å². The summed E-state index contributed by atoms with van der Waals surface area (Å²) in [5, 5.41) is 6.90. The van der Waals surface area contributed by atoms with Crippen molar-refractivity contribution in [3.8, 4) is 11.5 Å². The molecule has 8 nitrogen and oxygen atoms in total. The average molecular weight is 351 g/mol. The topological polar surface area (TPSA) is 95.3 Å². The van der Waals surface area contributed by atoms with Crippen LogP contribution in [0.1, 0.15) is 20.8 Å². The molecule has 0 spiro atoms. The highest BCUT2D eigenvalue weighted by Crippen LogP contribution is 2.19. The molecule has 132 valence electrons. The molecule has 26 heavy (non-hydrogen) atoms. The highest BCUT2D eigenvalue weighted by Gasteiger charge is 2.26. The Labute approximate surface area is 149 Å². The number of rotatable bonds is 3. The Bertz CT molecular complexity index is 896. The average Bonchev–Trinajstić information content (AvgIpc) is 3.39. The maximum atomic E-state index is 12.6. The van der Waals surface area contributed by atoms with E-state index >= 15 is 0 Å². The van der Waals surface area contributed by atoms with E-state index in [0.717, 1.165) is 0 Å². The minimum absolute atomic E-state index is 0.0422. The number of aromatic amines is 1. The fourth-order valence-electron chi connectivity index (χ4n) is 2.94. The number of hydrogen-bond acceptors (Lipinski definition) is 5. The number of carbonyl (C=O) groups excluding carboxylic acids is 2. The van der Waals surface area contributed by atoms with Crippen LogP contribution in [0.4, 0.5) is 0 Å². The Kier molecular flexibility index (Phi) is 4.22. The summed E-state index contributed by atoms with van der Waals surface area (Å²) in [7, 11) is 0. The minimum atomic E-state index is -0.157. The lowest BCUT2D eigenvalue weighted by Crippen LogP contribution is -2.50. The molecule has 1 N–H and O–H groups in total. The first-order valence-electron chi connectivity index (χ1n) is 8.30. The SMILES string of the molecule is O=C(c1ccncc1)N1CCN(C(=O)c2cc(-c3ccco3)[nH]n2)CC1. The van der Waals surface area contributed by atoms with Gasteiger partial charge in [0.2, 0.25) is 0 Å². The molecule has 8 heteroatoms. The van der Waals surface area contributed by atoms with Gasteiger partial charge in [-0.3, -0.25) is 19.7 Å². The number of amides is 2. The van der Waals surface area contributed by atoms with Crippen molar-refractivity contribution in [1.29, 1.82) is 0 Å². The molecule has 2 amide bonds. The van der Waals surface area contributed by atoms with E-state index in [1.165, 1.54) is 0 Å². The van der Waals surface area contributed by atoms with Crippen molar-refractivity contribution in [3.05, 3.63) is 60.2 Å². The number of aromatic nitrogens is 3. The smallest absolute Gasteiger partial charge is 0.274 e. The maximum absolute atomic E-state index is 12.6. The van der Waals surface area contributed by atoms with Crippen LogP contribution in [0.5, 0.6) is 0 Å². The molecule has 1 fully saturated rings. The molecule has 0 atom stereocenters. The number of piperazine rings is 1. The van der Waals surface area contributed by atoms with E-state index < -0.39 is 0 Å². The quantitative estimate of drug-likeness (QED) is 0.774. The second-order valence-corrected chi connectivity index (χ2v) is 5.96.